The van der Waals surface area contributed by atoms with Gasteiger partial charge in [-0.25, -0.2) is 0 Å². The molecule has 1 aliphatic heterocycles. The van der Waals surface area contributed by atoms with Gasteiger partial charge in [-0.2, -0.15) is 0 Å². The van der Waals surface area contributed by atoms with Gasteiger partial charge in [-0.15, -0.1) is 0 Å². The fraction of sp³-hybridized carbons (Fsp3) is 0.688. The molecule has 0 aromatic carbocycles. The first-order valence-corrected chi connectivity index (χ1v) is 7.73. The van der Waals surface area contributed by atoms with E-state index in [4.69, 9.17) is 10.2 Å². The van der Waals surface area contributed by atoms with Crippen LogP contribution in [0, 0.1) is 12.8 Å². The molecule has 5 heteroatoms. The Labute approximate surface area is 127 Å². The predicted octanol–water partition coefficient (Wildman–Crippen LogP) is 1.61. The van der Waals surface area contributed by atoms with Crippen LogP contribution in [0.25, 0.3) is 0 Å². The maximum Gasteiger partial charge on any atom is 0.236 e. The standard InChI is InChI=1S/C16H27N3O2/c1-12-4-6-14(8-17)9-19(12)11-16(20)18(3)10-15-7-5-13(2)21-15/h5,7,12,14H,4,6,8-11,17H2,1-3H3. The molecule has 0 spiro atoms. The van der Waals surface area contributed by atoms with Crippen molar-refractivity contribution in [2.45, 2.75) is 39.3 Å². The molecule has 118 valence electrons. The number of aryl methyl sites for hydroxylation is 1. The minimum absolute atomic E-state index is 0.133. The van der Waals surface area contributed by atoms with Crippen molar-refractivity contribution < 1.29 is 9.21 Å². The number of piperidine rings is 1. The summed E-state index contributed by atoms with van der Waals surface area (Å²) in [6.45, 7) is 6.72. The first-order chi connectivity index (χ1) is 9.99. The van der Waals surface area contributed by atoms with Gasteiger partial charge in [0.05, 0.1) is 13.1 Å². The summed E-state index contributed by atoms with van der Waals surface area (Å²) in [6, 6.07) is 4.30. The molecule has 1 saturated heterocycles. The lowest BCUT2D eigenvalue weighted by molar-refractivity contribution is -0.133. The lowest BCUT2D eigenvalue weighted by Crippen LogP contribution is -2.48. The number of hydrogen-bond donors (Lipinski definition) is 1. The summed E-state index contributed by atoms with van der Waals surface area (Å²) in [6.07, 6.45) is 2.29. The Balaban J connectivity index is 1.87. The zero-order valence-electron chi connectivity index (χ0n) is 13.3. The molecule has 1 amide bonds. The molecule has 1 fully saturated rings. The third-order valence-corrected chi connectivity index (χ3v) is 4.40. The molecule has 0 bridgehead atoms. The molecule has 0 aliphatic carbocycles. The summed E-state index contributed by atoms with van der Waals surface area (Å²) in [5.74, 6) is 2.36. The molecule has 0 radical (unpaired) electrons. The van der Waals surface area contributed by atoms with Crippen molar-refractivity contribution in [3.63, 3.8) is 0 Å². The molecule has 1 aromatic heterocycles. The fourth-order valence-corrected chi connectivity index (χ4v) is 2.86. The Morgan fingerprint density at radius 3 is 2.86 bits per heavy atom. The zero-order valence-corrected chi connectivity index (χ0v) is 13.3. The van der Waals surface area contributed by atoms with E-state index in [-0.39, 0.29) is 5.91 Å². The number of nitrogens with two attached hydrogens (primary N) is 1. The lowest BCUT2D eigenvalue weighted by Gasteiger charge is -2.37. The summed E-state index contributed by atoms with van der Waals surface area (Å²) in [7, 11) is 1.83. The van der Waals surface area contributed by atoms with Crippen LogP contribution in [0.15, 0.2) is 16.5 Å². The highest BCUT2D eigenvalue weighted by atomic mass is 16.3. The quantitative estimate of drug-likeness (QED) is 0.896. The molecule has 1 aliphatic rings. The number of likely N-dealkylation sites (tertiary alicyclic amines) is 1. The van der Waals surface area contributed by atoms with Crippen LogP contribution in [-0.2, 0) is 11.3 Å². The largest absolute Gasteiger partial charge is 0.464 e. The van der Waals surface area contributed by atoms with E-state index >= 15 is 0 Å². The number of nitrogens with zero attached hydrogens (tertiary/aromatic N) is 2. The Hall–Kier alpha value is -1.33. The second-order valence-corrected chi connectivity index (χ2v) is 6.22. The van der Waals surface area contributed by atoms with E-state index in [0.29, 0.717) is 31.6 Å². The van der Waals surface area contributed by atoms with Crippen molar-refractivity contribution in [1.82, 2.24) is 9.80 Å². The minimum Gasteiger partial charge on any atom is -0.464 e. The van der Waals surface area contributed by atoms with Gasteiger partial charge in [0.1, 0.15) is 11.5 Å². The Morgan fingerprint density at radius 1 is 1.48 bits per heavy atom. The summed E-state index contributed by atoms with van der Waals surface area (Å²) < 4.78 is 5.53. The summed E-state index contributed by atoms with van der Waals surface area (Å²) in [5.41, 5.74) is 5.77. The monoisotopic (exact) mass is 293 g/mol. The van der Waals surface area contributed by atoms with Crippen molar-refractivity contribution in [1.29, 1.82) is 0 Å². The number of carbonyl (C=O) groups is 1. The van der Waals surface area contributed by atoms with Gasteiger partial charge in [-0.3, -0.25) is 9.69 Å². The molecule has 2 heterocycles. The van der Waals surface area contributed by atoms with Gasteiger partial charge in [0.2, 0.25) is 5.91 Å². The van der Waals surface area contributed by atoms with E-state index in [1.54, 1.807) is 4.90 Å². The highest BCUT2D eigenvalue weighted by molar-refractivity contribution is 5.78. The van der Waals surface area contributed by atoms with E-state index in [1.807, 2.05) is 26.1 Å². The van der Waals surface area contributed by atoms with E-state index in [0.717, 1.165) is 24.5 Å². The van der Waals surface area contributed by atoms with Crippen molar-refractivity contribution >= 4 is 5.91 Å². The number of rotatable bonds is 5. The van der Waals surface area contributed by atoms with E-state index < -0.39 is 0 Å². The number of carbonyl (C=O) groups excluding carboxylic acids is 1. The van der Waals surface area contributed by atoms with Gasteiger partial charge in [0, 0.05) is 19.6 Å². The average Bonchev–Trinajstić information content (AvgIpc) is 2.86. The molecule has 2 atom stereocenters. The summed E-state index contributed by atoms with van der Waals surface area (Å²) in [4.78, 5) is 16.4. The molecule has 2 rings (SSSR count). The van der Waals surface area contributed by atoms with Crippen molar-refractivity contribution in [3.8, 4) is 0 Å². The average molecular weight is 293 g/mol. The van der Waals surface area contributed by atoms with Gasteiger partial charge >= 0.3 is 0 Å². The number of amides is 1. The Bertz CT molecular complexity index is 472. The first-order valence-electron chi connectivity index (χ1n) is 7.73. The highest BCUT2D eigenvalue weighted by Gasteiger charge is 2.27. The van der Waals surface area contributed by atoms with Crippen LogP contribution >= 0.6 is 0 Å². The summed E-state index contributed by atoms with van der Waals surface area (Å²) in [5, 5.41) is 0. The highest BCUT2D eigenvalue weighted by Crippen LogP contribution is 2.21. The lowest BCUT2D eigenvalue weighted by atomic mass is 9.93. The maximum atomic E-state index is 12.4. The van der Waals surface area contributed by atoms with Gasteiger partial charge in [0.25, 0.3) is 0 Å². The van der Waals surface area contributed by atoms with E-state index in [9.17, 15) is 4.79 Å². The normalized spacial score (nSPS) is 23.2. The molecule has 1 aromatic rings. The number of likely N-dealkylation sites (N-methyl/N-ethyl adjacent to an activating group) is 1. The third-order valence-electron chi connectivity index (χ3n) is 4.40. The van der Waals surface area contributed by atoms with Crippen LogP contribution in [0.3, 0.4) is 0 Å². The van der Waals surface area contributed by atoms with Gasteiger partial charge < -0.3 is 15.1 Å². The number of furan rings is 1. The van der Waals surface area contributed by atoms with E-state index in [1.165, 1.54) is 6.42 Å². The molecule has 5 nitrogen and oxygen atoms in total. The molecular weight excluding hydrogens is 266 g/mol. The predicted molar refractivity (Wildman–Crippen MR) is 82.7 cm³/mol. The van der Waals surface area contributed by atoms with Crippen LogP contribution in [0.5, 0.6) is 0 Å². The molecule has 0 saturated carbocycles. The van der Waals surface area contributed by atoms with Crippen LogP contribution in [-0.4, -0.2) is 48.4 Å². The van der Waals surface area contributed by atoms with Crippen molar-refractivity contribution in [3.05, 3.63) is 23.7 Å². The maximum absolute atomic E-state index is 12.4. The second-order valence-electron chi connectivity index (χ2n) is 6.22. The zero-order chi connectivity index (χ0) is 15.4. The van der Waals surface area contributed by atoms with Crippen LogP contribution in [0.1, 0.15) is 31.3 Å². The van der Waals surface area contributed by atoms with Crippen molar-refractivity contribution in [2.24, 2.45) is 11.7 Å². The summed E-state index contributed by atoms with van der Waals surface area (Å²) >= 11 is 0. The van der Waals surface area contributed by atoms with Crippen LogP contribution in [0.4, 0.5) is 0 Å². The third kappa shape index (κ3) is 4.32. The van der Waals surface area contributed by atoms with Gasteiger partial charge in [-0.05, 0) is 51.3 Å². The SMILES string of the molecule is Cc1ccc(CN(C)C(=O)CN2CC(CN)CCC2C)o1. The van der Waals surface area contributed by atoms with Crippen LogP contribution < -0.4 is 5.73 Å². The van der Waals surface area contributed by atoms with E-state index in [2.05, 4.69) is 11.8 Å². The molecule has 2 unspecified atom stereocenters. The second kappa shape index (κ2) is 7.09. The smallest absolute Gasteiger partial charge is 0.236 e. The fourth-order valence-electron chi connectivity index (χ4n) is 2.86. The topological polar surface area (TPSA) is 62.7 Å². The van der Waals surface area contributed by atoms with Gasteiger partial charge in [0.15, 0.2) is 0 Å². The Morgan fingerprint density at radius 2 is 2.24 bits per heavy atom. The Kier molecular flexibility index (Phi) is 5.42. The number of hydrogen-bond acceptors (Lipinski definition) is 4. The molecule has 21 heavy (non-hydrogen) atoms. The van der Waals surface area contributed by atoms with Crippen LogP contribution in [0.2, 0.25) is 0 Å². The van der Waals surface area contributed by atoms with Gasteiger partial charge in [-0.1, -0.05) is 0 Å². The first kappa shape index (κ1) is 16.0. The molecule has 2 N–H and O–H groups in total. The molecular formula is C16H27N3O2. The van der Waals surface area contributed by atoms with Crippen molar-refractivity contribution in [2.75, 3.05) is 26.7 Å². The minimum atomic E-state index is 0.133.